The second kappa shape index (κ2) is 7.12. The fourth-order valence-electron chi connectivity index (χ4n) is 2.99. The highest BCUT2D eigenvalue weighted by atomic mass is 16.4. The van der Waals surface area contributed by atoms with Gasteiger partial charge in [-0.2, -0.15) is 0 Å². The Bertz CT molecular complexity index is 543. The van der Waals surface area contributed by atoms with Crippen LogP contribution in [0.5, 0.6) is 0 Å². The Labute approximate surface area is 136 Å². The van der Waals surface area contributed by atoms with Crippen molar-refractivity contribution in [1.82, 2.24) is 14.9 Å². The quantitative estimate of drug-likeness (QED) is 0.637. The van der Waals surface area contributed by atoms with Gasteiger partial charge in [0.05, 0.1) is 6.54 Å². The van der Waals surface area contributed by atoms with Crippen LogP contribution < -0.4 is 10.6 Å². The summed E-state index contributed by atoms with van der Waals surface area (Å²) in [6.07, 6.45) is 6.12. The zero-order chi connectivity index (χ0) is 16.2. The van der Waals surface area contributed by atoms with E-state index in [2.05, 4.69) is 20.6 Å². The maximum Gasteiger partial charge on any atom is 0.317 e. The molecule has 0 amide bonds. The van der Waals surface area contributed by atoms with Gasteiger partial charge in [0.1, 0.15) is 18.0 Å². The summed E-state index contributed by atoms with van der Waals surface area (Å²) in [6.45, 7) is 3.89. The Hall–Kier alpha value is -1.89. The van der Waals surface area contributed by atoms with E-state index >= 15 is 0 Å². The Kier molecular flexibility index (Phi) is 4.95. The van der Waals surface area contributed by atoms with E-state index < -0.39 is 5.97 Å². The lowest BCUT2D eigenvalue weighted by Crippen LogP contribution is -2.51. The standard InChI is InChI=1S/C16H25N5O2/c1-2-21(9-16(22)23)13-5-12(6-13)20-15-7-14(18-10-19-15)17-8-11-3-4-11/h7,10-13H,2-6,8-9H2,1H3,(H,22,23)(H2,17,18,19,20). The van der Waals surface area contributed by atoms with Crippen LogP contribution in [0.25, 0.3) is 0 Å². The molecule has 2 saturated carbocycles. The Balaban J connectivity index is 1.45. The minimum Gasteiger partial charge on any atom is -0.480 e. The molecule has 2 fully saturated rings. The van der Waals surface area contributed by atoms with Gasteiger partial charge in [-0.1, -0.05) is 6.92 Å². The summed E-state index contributed by atoms with van der Waals surface area (Å²) in [5, 5.41) is 15.7. The molecule has 126 valence electrons. The van der Waals surface area contributed by atoms with Crippen molar-refractivity contribution in [2.45, 2.75) is 44.7 Å². The summed E-state index contributed by atoms with van der Waals surface area (Å²) < 4.78 is 0. The molecule has 0 aliphatic heterocycles. The first kappa shape index (κ1) is 16.0. The fourth-order valence-corrected chi connectivity index (χ4v) is 2.99. The topological polar surface area (TPSA) is 90.4 Å². The molecule has 0 atom stereocenters. The summed E-state index contributed by atoms with van der Waals surface area (Å²) in [5.74, 6) is 1.75. The number of hydrogen-bond donors (Lipinski definition) is 3. The van der Waals surface area contributed by atoms with Crippen molar-refractivity contribution in [2.24, 2.45) is 5.92 Å². The van der Waals surface area contributed by atoms with Crippen LogP contribution in [0, 0.1) is 5.92 Å². The van der Waals surface area contributed by atoms with Crippen LogP contribution in [-0.4, -0.2) is 57.7 Å². The lowest BCUT2D eigenvalue weighted by molar-refractivity contribution is -0.139. The number of carbonyl (C=O) groups is 1. The van der Waals surface area contributed by atoms with Crippen LogP contribution in [0.15, 0.2) is 12.4 Å². The van der Waals surface area contributed by atoms with Crippen molar-refractivity contribution in [2.75, 3.05) is 30.3 Å². The molecule has 0 bridgehead atoms. The summed E-state index contributed by atoms with van der Waals surface area (Å²) in [5.41, 5.74) is 0. The maximum atomic E-state index is 10.9. The van der Waals surface area contributed by atoms with Crippen LogP contribution in [0.2, 0.25) is 0 Å². The third kappa shape index (κ3) is 4.54. The lowest BCUT2D eigenvalue weighted by Gasteiger charge is -2.42. The molecule has 2 aliphatic rings. The molecule has 7 nitrogen and oxygen atoms in total. The number of anilines is 2. The van der Waals surface area contributed by atoms with E-state index in [-0.39, 0.29) is 6.54 Å². The number of hydrogen-bond acceptors (Lipinski definition) is 6. The first-order valence-electron chi connectivity index (χ1n) is 8.42. The fraction of sp³-hybridized carbons (Fsp3) is 0.688. The minimum atomic E-state index is -0.759. The molecule has 23 heavy (non-hydrogen) atoms. The Morgan fingerprint density at radius 3 is 2.74 bits per heavy atom. The third-order valence-corrected chi connectivity index (χ3v) is 4.66. The first-order chi connectivity index (χ1) is 11.1. The highest BCUT2D eigenvalue weighted by Gasteiger charge is 2.34. The SMILES string of the molecule is CCN(CC(=O)O)C1CC(Nc2cc(NCC3CC3)ncn2)C1. The van der Waals surface area contributed by atoms with E-state index in [9.17, 15) is 4.79 Å². The van der Waals surface area contributed by atoms with Crippen molar-refractivity contribution >= 4 is 17.6 Å². The van der Waals surface area contributed by atoms with Crippen molar-refractivity contribution in [3.63, 3.8) is 0 Å². The smallest absolute Gasteiger partial charge is 0.317 e. The average Bonchev–Trinajstić information content (AvgIpc) is 3.31. The van der Waals surface area contributed by atoms with Gasteiger partial charge < -0.3 is 15.7 Å². The number of aliphatic carboxylic acids is 1. The van der Waals surface area contributed by atoms with Crippen LogP contribution in [0.1, 0.15) is 32.6 Å². The number of carboxylic acid groups (broad SMARTS) is 1. The number of nitrogens with one attached hydrogen (secondary N) is 2. The number of likely N-dealkylation sites (N-methyl/N-ethyl adjacent to an activating group) is 1. The van der Waals surface area contributed by atoms with Gasteiger partial charge in [-0.05, 0) is 38.1 Å². The first-order valence-corrected chi connectivity index (χ1v) is 8.42. The summed E-state index contributed by atoms with van der Waals surface area (Å²) in [6, 6.07) is 2.65. The second-order valence-electron chi connectivity index (χ2n) is 6.54. The van der Waals surface area contributed by atoms with Crippen molar-refractivity contribution in [3.8, 4) is 0 Å². The molecule has 7 heteroatoms. The van der Waals surface area contributed by atoms with Crippen molar-refractivity contribution in [1.29, 1.82) is 0 Å². The molecular formula is C16H25N5O2. The van der Waals surface area contributed by atoms with Gasteiger partial charge in [-0.25, -0.2) is 9.97 Å². The van der Waals surface area contributed by atoms with E-state index in [4.69, 9.17) is 5.11 Å². The summed E-state index contributed by atoms with van der Waals surface area (Å²) in [7, 11) is 0. The van der Waals surface area contributed by atoms with E-state index in [1.54, 1.807) is 6.33 Å². The molecule has 1 aromatic rings. The van der Waals surface area contributed by atoms with Gasteiger partial charge in [0.25, 0.3) is 0 Å². The Morgan fingerprint density at radius 1 is 1.35 bits per heavy atom. The maximum absolute atomic E-state index is 10.9. The Morgan fingerprint density at radius 2 is 2.09 bits per heavy atom. The molecule has 1 aromatic heterocycles. The number of aromatic nitrogens is 2. The number of rotatable bonds is 9. The predicted octanol–water partition coefficient (Wildman–Crippen LogP) is 1.65. The monoisotopic (exact) mass is 319 g/mol. The predicted molar refractivity (Wildman–Crippen MR) is 88.6 cm³/mol. The van der Waals surface area contributed by atoms with Gasteiger partial charge in [0.15, 0.2) is 0 Å². The third-order valence-electron chi connectivity index (χ3n) is 4.66. The average molecular weight is 319 g/mol. The number of nitrogens with zero attached hydrogens (tertiary/aromatic N) is 3. The molecule has 0 unspecified atom stereocenters. The summed E-state index contributed by atoms with van der Waals surface area (Å²) in [4.78, 5) is 21.4. The van der Waals surface area contributed by atoms with Crippen LogP contribution in [-0.2, 0) is 4.79 Å². The van der Waals surface area contributed by atoms with Gasteiger partial charge >= 0.3 is 5.97 Å². The lowest BCUT2D eigenvalue weighted by atomic mass is 9.85. The molecule has 0 aromatic carbocycles. The van der Waals surface area contributed by atoms with E-state index in [1.807, 2.05) is 17.9 Å². The largest absolute Gasteiger partial charge is 0.480 e. The second-order valence-corrected chi connectivity index (χ2v) is 6.54. The molecule has 3 N–H and O–H groups in total. The molecule has 0 spiro atoms. The zero-order valence-corrected chi connectivity index (χ0v) is 13.5. The van der Waals surface area contributed by atoms with Crippen LogP contribution in [0.3, 0.4) is 0 Å². The highest BCUT2D eigenvalue weighted by Crippen LogP contribution is 2.30. The van der Waals surface area contributed by atoms with Crippen LogP contribution >= 0.6 is 0 Å². The minimum absolute atomic E-state index is 0.122. The molecule has 3 rings (SSSR count). The van der Waals surface area contributed by atoms with Gasteiger partial charge in [0.2, 0.25) is 0 Å². The van der Waals surface area contributed by atoms with Gasteiger partial charge in [0, 0.05) is 24.7 Å². The molecule has 2 aliphatic carbocycles. The molecule has 0 saturated heterocycles. The summed E-state index contributed by atoms with van der Waals surface area (Å²) >= 11 is 0. The van der Waals surface area contributed by atoms with Crippen molar-refractivity contribution < 1.29 is 9.90 Å². The number of carboxylic acids is 1. The molecule has 1 heterocycles. The zero-order valence-electron chi connectivity index (χ0n) is 13.5. The van der Waals surface area contributed by atoms with Crippen LogP contribution in [0.4, 0.5) is 11.6 Å². The van der Waals surface area contributed by atoms with E-state index in [0.29, 0.717) is 12.1 Å². The van der Waals surface area contributed by atoms with E-state index in [0.717, 1.165) is 43.5 Å². The van der Waals surface area contributed by atoms with Crippen molar-refractivity contribution in [3.05, 3.63) is 12.4 Å². The highest BCUT2D eigenvalue weighted by molar-refractivity contribution is 5.69. The normalized spacial score (nSPS) is 23.4. The van der Waals surface area contributed by atoms with E-state index in [1.165, 1.54) is 12.8 Å². The van der Waals surface area contributed by atoms with Gasteiger partial charge in [-0.15, -0.1) is 0 Å². The van der Waals surface area contributed by atoms with Gasteiger partial charge in [-0.3, -0.25) is 9.69 Å². The molecular weight excluding hydrogens is 294 g/mol. The molecule has 0 radical (unpaired) electrons.